The first-order chi connectivity index (χ1) is 11.6. The number of aromatic nitrogens is 2. The molecule has 0 N–H and O–H groups in total. The molecular formula is C19H24N4O. The van der Waals surface area contributed by atoms with Crippen LogP contribution in [0.25, 0.3) is 0 Å². The Labute approximate surface area is 143 Å². The number of nitrogens with zero attached hydrogens (tertiary/aromatic N) is 4. The van der Waals surface area contributed by atoms with Crippen LogP contribution in [-0.2, 0) is 13.0 Å². The zero-order chi connectivity index (χ0) is 17.1. The summed E-state index contributed by atoms with van der Waals surface area (Å²) >= 11 is 0. The molecule has 3 rings (SSSR count). The Kier molecular flexibility index (Phi) is 4.79. The van der Waals surface area contributed by atoms with Gasteiger partial charge in [-0.2, -0.15) is 0 Å². The van der Waals surface area contributed by atoms with Crippen LogP contribution in [0.3, 0.4) is 0 Å². The van der Waals surface area contributed by atoms with Crippen LogP contribution in [0.5, 0.6) is 0 Å². The molecule has 1 aliphatic heterocycles. The van der Waals surface area contributed by atoms with Crippen molar-refractivity contribution in [3.8, 4) is 0 Å². The average molecular weight is 324 g/mol. The van der Waals surface area contributed by atoms with E-state index in [1.807, 2.05) is 20.8 Å². The molecule has 0 spiro atoms. The van der Waals surface area contributed by atoms with Crippen LogP contribution >= 0.6 is 0 Å². The van der Waals surface area contributed by atoms with E-state index in [-0.39, 0.29) is 5.91 Å². The number of carbonyl (C=O) groups is 1. The molecule has 24 heavy (non-hydrogen) atoms. The molecular weight excluding hydrogens is 300 g/mol. The molecule has 0 fully saturated rings. The molecule has 126 valence electrons. The van der Waals surface area contributed by atoms with Gasteiger partial charge in [-0.25, -0.2) is 9.97 Å². The van der Waals surface area contributed by atoms with Crippen molar-refractivity contribution in [3.05, 3.63) is 52.8 Å². The third kappa shape index (κ3) is 3.25. The first-order valence-electron chi connectivity index (χ1n) is 8.59. The highest BCUT2D eigenvalue weighted by Crippen LogP contribution is 2.22. The molecule has 0 aliphatic carbocycles. The largest absolute Gasteiger partial charge is 0.338 e. The zero-order valence-corrected chi connectivity index (χ0v) is 14.6. The van der Waals surface area contributed by atoms with Crippen molar-refractivity contribution in [1.29, 1.82) is 0 Å². The van der Waals surface area contributed by atoms with Gasteiger partial charge in [-0.3, -0.25) is 4.79 Å². The Balaban J connectivity index is 1.88. The van der Waals surface area contributed by atoms with Crippen LogP contribution < -0.4 is 4.90 Å². The van der Waals surface area contributed by atoms with Crippen LogP contribution in [0.4, 0.5) is 5.95 Å². The third-order valence-corrected chi connectivity index (χ3v) is 4.53. The van der Waals surface area contributed by atoms with E-state index in [0.717, 1.165) is 25.2 Å². The third-order valence-electron chi connectivity index (χ3n) is 4.53. The molecule has 1 aromatic carbocycles. The second kappa shape index (κ2) is 6.99. The van der Waals surface area contributed by atoms with Crippen molar-refractivity contribution in [2.45, 2.75) is 33.7 Å². The van der Waals surface area contributed by atoms with Gasteiger partial charge in [0.2, 0.25) is 5.95 Å². The minimum Gasteiger partial charge on any atom is -0.338 e. The van der Waals surface area contributed by atoms with Gasteiger partial charge in [-0.05, 0) is 44.4 Å². The number of aryl methyl sites for hydroxylation is 1. The van der Waals surface area contributed by atoms with E-state index < -0.39 is 0 Å². The number of fused-ring (bicyclic) bond motifs is 1. The van der Waals surface area contributed by atoms with E-state index in [1.165, 1.54) is 11.1 Å². The maximum absolute atomic E-state index is 12.6. The van der Waals surface area contributed by atoms with E-state index in [9.17, 15) is 4.79 Å². The lowest BCUT2D eigenvalue weighted by molar-refractivity contribution is 0.0767. The summed E-state index contributed by atoms with van der Waals surface area (Å²) in [6.07, 6.45) is 0.979. The molecule has 1 aliphatic rings. The van der Waals surface area contributed by atoms with Crippen LogP contribution in [0.1, 0.15) is 41.2 Å². The molecule has 0 atom stereocenters. The Morgan fingerprint density at radius 3 is 2.58 bits per heavy atom. The van der Waals surface area contributed by atoms with Gasteiger partial charge in [-0.1, -0.05) is 24.3 Å². The first-order valence-corrected chi connectivity index (χ1v) is 8.59. The van der Waals surface area contributed by atoms with Crippen molar-refractivity contribution < 1.29 is 4.79 Å². The number of hydrogen-bond donors (Lipinski definition) is 0. The lowest BCUT2D eigenvalue weighted by Crippen LogP contribution is -2.34. The molecule has 1 aromatic heterocycles. The zero-order valence-electron chi connectivity index (χ0n) is 14.6. The van der Waals surface area contributed by atoms with Crippen LogP contribution in [0, 0.1) is 6.92 Å². The van der Waals surface area contributed by atoms with Gasteiger partial charge >= 0.3 is 0 Å². The minimum atomic E-state index is -0.0239. The van der Waals surface area contributed by atoms with Gasteiger partial charge in [0.1, 0.15) is 5.69 Å². The average Bonchev–Trinajstić information content (AvgIpc) is 2.61. The summed E-state index contributed by atoms with van der Waals surface area (Å²) in [6.45, 7) is 8.92. The topological polar surface area (TPSA) is 49.3 Å². The van der Waals surface area contributed by atoms with E-state index >= 15 is 0 Å². The Morgan fingerprint density at radius 2 is 1.88 bits per heavy atom. The fourth-order valence-electron chi connectivity index (χ4n) is 3.14. The number of amides is 1. The van der Waals surface area contributed by atoms with Gasteiger partial charge in [0.15, 0.2) is 0 Å². The highest BCUT2D eigenvalue weighted by molar-refractivity contribution is 5.92. The molecule has 0 saturated carbocycles. The SMILES string of the molecule is CCN(CC)C(=O)c1cc(C)nc(N2CCc3ccccc3C2)n1. The predicted molar refractivity (Wildman–Crippen MR) is 95.2 cm³/mol. The Morgan fingerprint density at radius 1 is 1.17 bits per heavy atom. The molecule has 2 aromatic rings. The fraction of sp³-hybridized carbons (Fsp3) is 0.421. The Bertz CT molecular complexity index is 740. The predicted octanol–water partition coefficient (Wildman–Crippen LogP) is 2.83. The summed E-state index contributed by atoms with van der Waals surface area (Å²) in [6, 6.07) is 10.3. The van der Waals surface area contributed by atoms with E-state index in [1.54, 1.807) is 11.0 Å². The Hall–Kier alpha value is -2.43. The monoisotopic (exact) mass is 324 g/mol. The maximum Gasteiger partial charge on any atom is 0.272 e. The summed E-state index contributed by atoms with van der Waals surface area (Å²) in [5, 5.41) is 0. The van der Waals surface area contributed by atoms with Crippen LogP contribution in [0.15, 0.2) is 30.3 Å². The summed E-state index contributed by atoms with van der Waals surface area (Å²) < 4.78 is 0. The normalized spacial score (nSPS) is 13.5. The van der Waals surface area contributed by atoms with Crippen molar-refractivity contribution >= 4 is 11.9 Å². The molecule has 1 amide bonds. The second-order valence-corrected chi connectivity index (χ2v) is 6.11. The number of hydrogen-bond acceptors (Lipinski definition) is 4. The highest BCUT2D eigenvalue weighted by atomic mass is 16.2. The van der Waals surface area contributed by atoms with Crippen LogP contribution in [0.2, 0.25) is 0 Å². The fourth-order valence-corrected chi connectivity index (χ4v) is 3.14. The van der Waals surface area contributed by atoms with E-state index in [4.69, 9.17) is 0 Å². The van der Waals surface area contributed by atoms with Crippen molar-refractivity contribution in [3.63, 3.8) is 0 Å². The van der Waals surface area contributed by atoms with Gasteiger partial charge in [0, 0.05) is 31.9 Å². The second-order valence-electron chi connectivity index (χ2n) is 6.11. The number of rotatable bonds is 4. The molecule has 0 unspecified atom stereocenters. The molecule has 0 radical (unpaired) electrons. The summed E-state index contributed by atoms with van der Waals surface area (Å²) in [5.41, 5.74) is 4.01. The van der Waals surface area contributed by atoms with Gasteiger partial charge in [0.25, 0.3) is 5.91 Å². The highest BCUT2D eigenvalue weighted by Gasteiger charge is 2.21. The van der Waals surface area contributed by atoms with Gasteiger partial charge < -0.3 is 9.80 Å². The minimum absolute atomic E-state index is 0.0239. The lowest BCUT2D eigenvalue weighted by atomic mass is 10.0. The van der Waals surface area contributed by atoms with Gasteiger partial charge in [-0.15, -0.1) is 0 Å². The summed E-state index contributed by atoms with van der Waals surface area (Å²) in [5.74, 6) is 0.629. The molecule has 5 heteroatoms. The number of benzene rings is 1. The van der Waals surface area contributed by atoms with Gasteiger partial charge in [0.05, 0.1) is 0 Å². The van der Waals surface area contributed by atoms with Crippen molar-refractivity contribution in [2.24, 2.45) is 0 Å². The molecule has 2 heterocycles. The first kappa shape index (κ1) is 16.4. The smallest absolute Gasteiger partial charge is 0.272 e. The lowest BCUT2D eigenvalue weighted by Gasteiger charge is -2.29. The quantitative estimate of drug-likeness (QED) is 0.868. The number of carbonyl (C=O) groups excluding carboxylic acids is 1. The number of anilines is 1. The maximum atomic E-state index is 12.6. The van der Waals surface area contributed by atoms with E-state index in [2.05, 4.69) is 39.1 Å². The molecule has 0 bridgehead atoms. The molecule has 0 saturated heterocycles. The van der Waals surface area contributed by atoms with Crippen molar-refractivity contribution in [2.75, 3.05) is 24.5 Å². The van der Waals surface area contributed by atoms with E-state index in [0.29, 0.717) is 24.7 Å². The van der Waals surface area contributed by atoms with Crippen LogP contribution in [-0.4, -0.2) is 40.4 Å². The molecule has 5 nitrogen and oxygen atoms in total. The summed E-state index contributed by atoms with van der Waals surface area (Å²) in [4.78, 5) is 25.7. The van der Waals surface area contributed by atoms with Crippen molar-refractivity contribution in [1.82, 2.24) is 14.9 Å². The summed E-state index contributed by atoms with van der Waals surface area (Å²) in [7, 11) is 0. The standard InChI is InChI=1S/C19H24N4O/c1-4-22(5-2)18(24)17-12-14(3)20-19(21-17)23-11-10-15-8-6-7-9-16(15)13-23/h6-9,12H,4-5,10-11,13H2,1-3H3.